The number of anilines is 3. The Bertz CT molecular complexity index is 804. The highest BCUT2D eigenvalue weighted by Crippen LogP contribution is 2.33. The average Bonchev–Trinajstić information content (AvgIpc) is 2.56. The molecule has 1 aliphatic heterocycles. The molecule has 0 bridgehead atoms. The molecule has 1 heterocycles. The summed E-state index contributed by atoms with van der Waals surface area (Å²) in [6.45, 7) is 2.94. The van der Waals surface area contributed by atoms with Gasteiger partial charge in [0, 0.05) is 23.1 Å². The van der Waals surface area contributed by atoms with E-state index in [-0.39, 0.29) is 5.75 Å². The summed E-state index contributed by atoms with van der Waals surface area (Å²) in [6, 6.07) is 12.8. The molecular weight excluding hydrogens is 328 g/mol. The lowest BCUT2D eigenvalue weighted by Crippen LogP contribution is -2.16. The standard InChI is InChI=1S/C17H20N2O4S/c1-2-11-24(20,21)19-14-5-3-13(4-6-14)18-15-7-8-16-17(12-15)23-10-9-22-16/h3-8,12,18-19H,2,9-11H2,1H3. The third-order valence-corrected chi connectivity index (χ3v) is 4.95. The van der Waals surface area contributed by atoms with Crippen molar-refractivity contribution in [3.05, 3.63) is 42.5 Å². The van der Waals surface area contributed by atoms with E-state index in [1.54, 1.807) is 12.1 Å². The fraction of sp³-hybridized carbons (Fsp3) is 0.294. The smallest absolute Gasteiger partial charge is 0.232 e. The zero-order valence-electron chi connectivity index (χ0n) is 13.4. The van der Waals surface area contributed by atoms with Gasteiger partial charge in [0.1, 0.15) is 13.2 Å². The van der Waals surface area contributed by atoms with Crippen LogP contribution >= 0.6 is 0 Å². The molecule has 7 heteroatoms. The normalized spacial score (nSPS) is 13.4. The first-order valence-corrected chi connectivity index (χ1v) is 9.48. The molecule has 0 unspecified atom stereocenters. The van der Waals surface area contributed by atoms with Crippen LogP contribution in [0.2, 0.25) is 0 Å². The van der Waals surface area contributed by atoms with Gasteiger partial charge in [0.25, 0.3) is 0 Å². The SMILES string of the molecule is CCCS(=O)(=O)Nc1ccc(Nc2ccc3c(c2)OCCO3)cc1. The van der Waals surface area contributed by atoms with Gasteiger partial charge in [0.15, 0.2) is 11.5 Å². The van der Waals surface area contributed by atoms with Gasteiger partial charge in [-0.2, -0.15) is 0 Å². The Kier molecular flexibility index (Phi) is 4.80. The van der Waals surface area contributed by atoms with Gasteiger partial charge >= 0.3 is 0 Å². The molecule has 2 N–H and O–H groups in total. The van der Waals surface area contributed by atoms with E-state index in [1.807, 2.05) is 37.3 Å². The highest BCUT2D eigenvalue weighted by Gasteiger charge is 2.12. The van der Waals surface area contributed by atoms with E-state index < -0.39 is 10.0 Å². The number of nitrogens with one attached hydrogen (secondary N) is 2. The van der Waals surface area contributed by atoms with Crippen LogP contribution in [-0.2, 0) is 10.0 Å². The highest BCUT2D eigenvalue weighted by atomic mass is 32.2. The van der Waals surface area contributed by atoms with Crippen LogP contribution < -0.4 is 19.5 Å². The predicted octanol–water partition coefficient (Wildman–Crippen LogP) is 3.35. The average molecular weight is 348 g/mol. The van der Waals surface area contributed by atoms with Crippen LogP contribution in [0.15, 0.2) is 42.5 Å². The Morgan fingerprint density at radius 1 is 0.917 bits per heavy atom. The van der Waals surface area contributed by atoms with Crippen LogP contribution in [0.4, 0.5) is 17.1 Å². The lowest BCUT2D eigenvalue weighted by molar-refractivity contribution is 0.171. The first kappa shape index (κ1) is 16.4. The molecule has 0 radical (unpaired) electrons. The van der Waals surface area contributed by atoms with Gasteiger partial charge in [-0.3, -0.25) is 4.72 Å². The topological polar surface area (TPSA) is 76.7 Å². The summed E-state index contributed by atoms with van der Waals surface area (Å²) in [6.07, 6.45) is 0.582. The summed E-state index contributed by atoms with van der Waals surface area (Å²) < 4.78 is 37.1. The van der Waals surface area contributed by atoms with Gasteiger partial charge in [0.05, 0.1) is 5.75 Å². The molecule has 0 spiro atoms. The van der Waals surface area contributed by atoms with Crippen LogP contribution in [0, 0.1) is 0 Å². The molecule has 1 aliphatic rings. The summed E-state index contributed by atoms with van der Waals surface area (Å²) in [5, 5.41) is 3.26. The summed E-state index contributed by atoms with van der Waals surface area (Å²) >= 11 is 0. The van der Waals surface area contributed by atoms with Crippen LogP contribution in [0.25, 0.3) is 0 Å². The molecule has 2 aromatic carbocycles. The van der Waals surface area contributed by atoms with E-state index in [1.165, 1.54) is 0 Å². The minimum atomic E-state index is -3.27. The number of benzene rings is 2. The molecular formula is C17H20N2O4S. The molecule has 6 nitrogen and oxygen atoms in total. The van der Waals surface area contributed by atoms with E-state index in [0.717, 1.165) is 22.9 Å². The molecule has 128 valence electrons. The number of hydrogen-bond acceptors (Lipinski definition) is 5. The summed E-state index contributed by atoms with van der Waals surface area (Å²) in [5.74, 6) is 1.58. The van der Waals surface area contributed by atoms with Crippen LogP contribution in [0.3, 0.4) is 0 Å². The molecule has 0 aliphatic carbocycles. The first-order valence-electron chi connectivity index (χ1n) is 7.83. The van der Waals surface area contributed by atoms with Gasteiger partial charge < -0.3 is 14.8 Å². The van der Waals surface area contributed by atoms with Gasteiger partial charge in [0.2, 0.25) is 10.0 Å². The largest absolute Gasteiger partial charge is 0.486 e. The molecule has 0 atom stereocenters. The molecule has 0 fully saturated rings. The summed E-state index contributed by atoms with van der Waals surface area (Å²) in [5.41, 5.74) is 2.28. The zero-order valence-corrected chi connectivity index (χ0v) is 14.2. The fourth-order valence-electron chi connectivity index (χ4n) is 2.41. The minimum Gasteiger partial charge on any atom is -0.486 e. The second-order valence-corrected chi connectivity index (χ2v) is 7.32. The maximum absolute atomic E-state index is 11.8. The van der Waals surface area contributed by atoms with E-state index in [0.29, 0.717) is 25.3 Å². The van der Waals surface area contributed by atoms with Crippen molar-refractivity contribution in [2.24, 2.45) is 0 Å². The van der Waals surface area contributed by atoms with Crippen molar-refractivity contribution in [1.29, 1.82) is 0 Å². The Morgan fingerprint density at radius 3 is 2.25 bits per heavy atom. The van der Waals surface area contributed by atoms with Crippen LogP contribution in [0.5, 0.6) is 11.5 Å². The van der Waals surface area contributed by atoms with Crippen molar-refractivity contribution in [3.63, 3.8) is 0 Å². The molecule has 24 heavy (non-hydrogen) atoms. The lowest BCUT2D eigenvalue weighted by Gasteiger charge is -2.19. The Morgan fingerprint density at radius 2 is 1.54 bits per heavy atom. The van der Waals surface area contributed by atoms with Crippen LogP contribution in [-0.4, -0.2) is 27.4 Å². The monoisotopic (exact) mass is 348 g/mol. The highest BCUT2D eigenvalue weighted by molar-refractivity contribution is 7.92. The lowest BCUT2D eigenvalue weighted by atomic mass is 10.2. The van der Waals surface area contributed by atoms with Crippen molar-refractivity contribution >= 4 is 27.1 Å². The second-order valence-electron chi connectivity index (χ2n) is 5.48. The molecule has 0 aromatic heterocycles. The number of fused-ring (bicyclic) bond motifs is 1. The number of hydrogen-bond donors (Lipinski definition) is 2. The first-order chi connectivity index (χ1) is 11.6. The van der Waals surface area contributed by atoms with Gasteiger partial charge in [-0.15, -0.1) is 0 Å². The minimum absolute atomic E-state index is 0.115. The maximum atomic E-state index is 11.8. The van der Waals surface area contributed by atoms with E-state index in [2.05, 4.69) is 10.0 Å². The van der Waals surface area contributed by atoms with Crippen molar-refractivity contribution in [1.82, 2.24) is 0 Å². The van der Waals surface area contributed by atoms with E-state index >= 15 is 0 Å². The van der Waals surface area contributed by atoms with Gasteiger partial charge in [-0.25, -0.2) is 8.42 Å². The van der Waals surface area contributed by atoms with Crippen molar-refractivity contribution < 1.29 is 17.9 Å². The van der Waals surface area contributed by atoms with Crippen LogP contribution in [0.1, 0.15) is 13.3 Å². The summed E-state index contributed by atoms with van der Waals surface area (Å²) in [4.78, 5) is 0. The molecule has 2 aromatic rings. The van der Waals surface area contributed by atoms with Gasteiger partial charge in [-0.05, 0) is 42.8 Å². The Labute approximate surface area is 141 Å². The Balaban J connectivity index is 1.68. The summed E-state index contributed by atoms with van der Waals surface area (Å²) in [7, 11) is -3.27. The van der Waals surface area contributed by atoms with Crippen molar-refractivity contribution in [2.45, 2.75) is 13.3 Å². The maximum Gasteiger partial charge on any atom is 0.232 e. The third kappa shape index (κ3) is 4.11. The van der Waals surface area contributed by atoms with Crippen molar-refractivity contribution in [3.8, 4) is 11.5 Å². The molecule has 3 rings (SSSR count). The zero-order chi connectivity index (χ0) is 17.0. The van der Waals surface area contributed by atoms with E-state index in [4.69, 9.17) is 9.47 Å². The molecule has 0 saturated carbocycles. The molecule has 0 amide bonds. The number of rotatable bonds is 6. The van der Waals surface area contributed by atoms with Crippen molar-refractivity contribution in [2.75, 3.05) is 29.0 Å². The quantitative estimate of drug-likeness (QED) is 0.837. The third-order valence-electron chi connectivity index (χ3n) is 3.46. The second kappa shape index (κ2) is 7.00. The number of ether oxygens (including phenoxy) is 2. The predicted molar refractivity (Wildman–Crippen MR) is 94.9 cm³/mol. The fourth-order valence-corrected chi connectivity index (χ4v) is 3.54. The van der Waals surface area contributed by atoms with Gasteiger partial charge in [-0.1, -0.05) is 6.92 Å². The Hall–Kier alpha value is -2.41. The number of sulfonamides is 1. The molecule has 0 saturated heterocycles. The van der Waals surface area contributed by atoms with E-state index in [9.17, 15) is 8.42 Å².